The van der Waals surface area contributed by atoms with Gasteiger partial charge in [0.05, 0.1) is 24.6 Å². The van der Waals surface area contributed by atoms with Gasteiger partial charge in [-0.15, -0.1) is 0 Å². The summed E-state index contributed by atoms with van der Waals surface area (Å²) in [6, 6.07) is 10.3. The Morgan fingerprint density at radius 3 is 2.67 bits per heavy atom. The lowest BCUT2D eigenvalue weighted by Gasteiger charge is -2.30. The van der Waals surface area contributed by atoms with Gasteiger partial charge in [-0.3, -0.25) is 19.7 Å². The summed E-state index contributed by atoms with van der Waals surface area (Å²) < 4.78 is 5.47. The van der Waals surface area contributed by atoms with Crippen molar-refractivity contribution in [1.82, 2.24) is 5.32 Å². The van der Waals surface area contributed by atoms with Gasteiger partial charge in [-0.1, -0.05) is 29.8 Å². The SMILES string of the molecule is COc1cc(Cl)c(C)cc1N1C(=O)C2C(CCSC)NC3(C(=O)Nc4ccccc43)C2C1=O. The minimum absolute atomic E-state index is 0.299. The maximum atomic E-state index is 14.0. The van der Waals surface area contributed by atoms with Crippen LogP contribution < -0.4 is 20.3 Å². The lowest BCUT2D eigenvalue weighted by Crippen LogP contribution is -2.53. The van der Waals surface area contributed by atoms with Crippen molar-refractivity contribution in [3.8, 4) is 5.75 Å². The normalized spacial score (nSPS) is 27.8. The lowest BCUT2D eigenvalue weighted by molar-refractivity contribution is -0.130. The minimum atomic E-state index is -1.29. The third-order valence-electron chi connectivity index (χ3n) is 6.96. The Morgan fingerprint density at radius 2 is 1.94 bits per heavy atom. The number of amides is 3. The van der Waals surface area contributed by atoms with Gasteiger partial charge in [0.15, 0.2) is 0 Å². The molecule has 4 unspecified atom stereocenters. The van der Waals surface area contributed by atoms with E-state index in [9.17, 15) is 14.4 Å². The number of hydrogen-bond acceptors (Lipinski definition) is 6. The Kier molecular flexibility index (Phi) is 5.42. The number of fused-ring (bicyclic) bond motifs is 4. The largest absolute Gasteiger partial charge is 0.495 e. The number of thioether (sulfide) groups is 1. The Labute approximate surface area is 201 Å². The van der Waals surface area contributed by atoms with Gasteiger partial charge >= 0.3 is 0 Å². The second-order valence-corrected chi connectivity index (χ2v) is 10.0. The second-order valence-electron chi connectivity index (χ2n) is 8.63. The molecule has 0 saturated carbocycles. The predicted octanol–water partition coefficient (Wildman–Crippen LogP) is 3.34. The smallest absolute Gasteiger partial charge is 0.250 e. The lowest BCUT2D eigenvalue weighted by atomic mass is 9.76. The number of ether oxygens (including phenoxy) is 1. The molecule has 7 nitrogen and oxygen atoms in total. The molecule has 2 fully saturated rings. The number of anilines is 2. The van der Waals surface area contributed by atoms with Crippen LogP contribution >= 0.6 is 23.4 Å². The zero-order chi connectivity index (χ0) is 23.5. The average Bonchev–Trinajstić information content (AvgIpc) is 3.38. The third-order valence-corrected chi connectivity index (χ3v) is 8.01. The molecule has 0 aliphatic carbocycles. The first kappa shape index (κ1) is 22.3. The molecule has 0 bridgehead atoms. The Morgan fingerprint density at radius 1 is 1.18 bits per heavy atom. The highest BCUT2D eigenvalue weighted by Gasteiger charge is 2.70. The predicted molar refractivity (Wildman–Crippen MR) is 129 cm³/mol. The number of benzene rings is 2. The quantitative estimate of drug-likeness (QED) is 0.632. The number of nitrogens with one attached hydrogen (secondary N) is 2. The topological polar surface area (TPSA) is 87.7 Å². The monoisotopic (exact) mass is 485 g/mol. The van der Waals surface area contributed by atoms with Gasteiger partial charge in [0.2, 0.25) is 17.7 Å². The van der Waals surface area contributed by atoms with Crippen LogP contribution in [0.2, 0.25) is 5.02 Å². The van der Waals surface area contributed by atoms with Crippen molar-refractivity contribution in [3.63, 3.8) is 0 Å². The summed E-state index contributed by atoms with van der Waals surface area (Å²) in [7, 11) is 1.47. The minimum Gasteiger partial charge on any atom is -0.495 e. The van der Waals surface area contributed by atoms with Gasteiger partial charge < -0.3 is 10.1 Å². The summed E-state index contributed by atoms with van der Waals surface area (Å²) in [5.41, 5.74) is 1.16. The highest BCUT2D eigenvalue weighted by Crippen LogP contribution is 2.54. The van der Waals surface area contributed by atoms with Crippen LogP contribution in [0.1, 0.15) is 17.5 Å². The van der Waals surface area contributed by atoms with Gasteiger partial charge in [0.1, 0.15) is 11.3 Å². The standard InChI is InChI=1S/C24H24ClN3O4S/c1-12-10-17(18(32-2)11-14(12)25)28-21(29)19-16(8-9-33-3)27-24(20(19)22(28)30)13-6-4-5-7-15(13)26-23(24)31/h4-7,10-11,16,19-20,27H,8-9H2,1-3H3,(H,26,31). The van der Waals surface area contributed by atoms with Gasteiger partial charge in [-0.2, -0.15) is 11.8 Å². The summed E-state index contributed by atoms with van der Waals surface area (Å²) >= 11 is 7.92. The van der Waals surface area contributed by atoms with Crippen LogP contribution in [0.4, 0.5) is 11.4 Å². The van der Waals surface area contributed by atoms with E-state index in [1.54, 1.807) is 23.9 Å². The van der Waals surface area contributed by atoms with Crippen LogP contribution in [0.15, 0.2) is 36.4 Å². The number of rotatable bonds is 5. The van der Waals surface area contributed by atoms with Crippen molar-refractivity contribution in [3.05, 3.63) is 52.5 Å². The van der Waals surface area contributed by atoms with E-state index in [4.69, 9.17) is 16.3 Å². The summed E-state index contributed by atoms with van der Waals surface area (Å²) in [6.45, 7) is 1.81. The molecule has 1 spiro atoms. The van der Waals surface area contributed by atoms with Crippen molar-refractivity contribution in [2.75, 3.05) is 29.3 Å². The van der Waals surface area contributed by atoms with E-state index >= 15 is 0 Å². The van der Waals surface area contributed by atoms with Crippen LogP contribution in [0.5, 0.6) is 5.75 Å². The molecule has 5 rings (SSSR count). The number of methoxy groups -OCH3 is 1. The van der Waals surface area contributed by atoms with E-state index < -0.39 is 23.3 Å². The molecule has 0 aromatic heterocycles. The van der Waals surface area contributed by atoms with Gasteiger partial charge in [-0.05, 0) is 43.0 Å². The van der Waals surface area contributed by atoms with E-state index in [1.807, 2.05) is 37.4 Å². The van der Waals surface area contributed by atoms with Crippen LogP contribution in [-0.4, -0.2) is 42.9 Å². The van der Waals surface area contributed by atoms with E-state index in [-0.39, 0.29) is 17.9 Å². The molecule has 172 valence electrons. The van der Waals surface area contributed by atoms with Crippen molar-refractivity contribution in [2.24, 2.45) is 11.8 Å². The van der Waals surface area contributed by atoms with E-state index in [0.717, 1.165) is 11.3 Å². The van der Waals surface area contributed by atoms with Crippen molar-refractivity contribution >= 4 is 52.5 Å². The first-order valence-corrected chi connectivity index (χ1v) is 12.5. The number of halogens is 1. The highest BCUT2D eigenvalue weighted by atomic mass is 35.5. The van der Waals surface area contributed by atoms with Crippen molar-refractivity contribution in [1.29, 1.82) is 0 Å². The second kappa shape index (κ2) is 8.04. The Bertz CT molecular complexity index is 1190. The molecule has 33 heavy (non-hydrogen) atoms. The van der Waals surface area contributed by atoms with Crippen LogP contribution in [0.25, 0.3) is 0 Å². The molecular formula is C24H24ClN3O4S. The molecule has 3 heterocycles. The zero-order valence-corrected chi connectivity index (χ0v) is 20.0. The molecule has 2 N–H and O–H groups in total. The molecule has 2 saturated heterocycles. The zero-order valence-electron chi connectivity index (χ0n) is 18.5. The molecule has 3 aliphatic rings. The maximum Gasteiger partial charge on any atom is 0.250 e. The molecule has 4 atom stereocenters. The average molecular weight is 486 g/mol. The van der Waals surface area contributed by atoms with E-state index in [2.05, 4.69) is 10.6 Å². The number of nitrogens with zero attached hydrogens (tertiary/aromatic N) is 1. The fourth-order valence-corrected chi connectivity index (χ4v) is 6.12. The first-order chi connectivity index (χ1) is 15.8. The van der Waals surface area contributed by atoms with Gasteiger partial charge in [0.25, 0.3) is 0 Å². The van der Waals surface area contributed by atoms with Crippen LogP contribution in [0.3, 0.4) is 0 Å². The van der Waals surface area contributed by atoms with Crippen LogP contribution in [-0.2, 0) is 19.9 Å². The van der Waals surface area contributed by atoms with Crippen LogP contribution in [0, 0.1) is 18.8 Å². The Balaban J connectivity index is 1.67. The molecule has 9 heteroatoms. The number of hydrogen-bond donors (Lipinski definition) is 2. The molecule has 0 radical (unpaired) electrons. The fourth-order valence-electron chi connectivity index (χ4n) is 5.48. The molecular weight excluding hydrogens is 462 g/mol. The van der Waals surface area contributed by atoms with Crippen molar-refractivity contribution in [2.45, 2.75) is 24.9 Å². The summed E-state index contributed by atoms with van der Waals surface area (Å²) in [6.07, 6.45) is 2.65. The number of aryl methyl sites for hydroxylation is 1. The number of imide groups is 1. The summed E-state index contributed by atoms with van der Waals surface area (Å²) in [4.78, 5) is 42.4. The molecule has 2 aromatic carbocycles. The number of carbonyl (C=O) groups is 3. The van der Waals surface area contributed by atoms with E-state index in [0.29, 0.717) is 34.1 Å². The molecule has 3 aliphatic heterocycles. The highest BCUT2D eigenvalue weighted by molar-refractivity contribution is 7.98. The van der Waals surface area contributed by atoms with Gasteiger partial charge in [0, 0.05) is 28.4 Å². The Hall–Kier alpha value is -2.55. The fraction of sp³-hybridized carbons (Fsp3) is 0.375. The molecule has 3 amide bonds. The third kappa shape index (κ3) is 3.04. The molecule has 2 aromatic rings. The van der Waals surface area contributed by atoms with Crippen molar-refractivity contribution < 1.29 is 19.1 Å². The van der Waals surface area contributed by atoms with Gasteiger partial charge in [-0.25, -0.2) is 4.90 Å². The number of carbonyl (C=O) groups excluding carboxylic acids is 3. The number of para-hydroxylation sites is 1. The summed E-state index contributed by atoms with van der Waals surface area (Å²) in [5, 5.41) is 6.84. The summed E-state index contributed by atoms with van der Waals surface area (Å²) in [5.74, 6) is -1.42. The first-order valence-electron chi connectivity index (χ1n) is 10.7. The van der Waals surface area contributed by atoms with E-state index in [1.165, 1.54) is 12.0 Å². The maximum absolute atomic E-state index is 14.0.